The van der Waals surface area contributed by atoms with Crippen molar-refractivity contribution in [3.8, 4) is 5.75 Å². The third kappa shape index (κ3) is 4.30. The second-order valence-electron chi connectivity index (χ2n) is 5.23. The van der Waals surface area contributed by atoms with Gasteiger partial charge in [0.05, 0.1) is 0 Å². The Morgan fingerprint density at radius 3 is 2.52 bits per heavy atom. The smallest absolute Gasteiger partial charge is 0.126 e. The highest BCUT2D eigenvalue weighted by Crippen LogP contribution is 2.21. The van der Waals surface area contributed by atoms with E-state index in [1.54, 1.807) is 6.07 Å². The predicted octanol–water partition coefficient (Wildman–Crippen LogP) is 4.20. The molecule has 0 aliphatic carbocycles. The molecule has 0 saturated carbocycles. The van der Waals surface area contributed by atoms with Gasteiger partial charge in [0.1, 0.15) is 24.3 Å². The number of rotatable bonds is 6. The van der Waals surface area contributed by atoms with Gasteiger partial charge >= 0.3 is 0 Å². The largest absolute Gasteiger partial charge is 0.490 e. The van der Waals surface area contributed by atoms with Gasteiger partial charge in [0.15, 0.2) is 0 Å². The minimum Gasteiger partial charge on any atom is -0.490 e. The summed E-state index contributed by atoms with van der Waals surface area (Å²) in [6, 6.07) is 12.3. The van der Waals surface area contributed by atoms with E-state index in [0.717, 1.165) is 24.0 Å². The fourth-order valence-electron chi connectivity index (χ4n) is 2.19. The Hall–Kier alpha value is -1.87. The van der Waals surface area contributed by atoms with E-state index < -0.39 is 6.10 Å². The third-order valence-electron chi connectivity index (χ3n) is 3.45. The average molecular weight is 288 g/mol. The van der Waals surface area contributed by atoms with Crippen LogP contribution in [0.2, 0.25) is 0 Å². The van der Waals surface area contributed by atoms with Crippen molar-refractivity contribution in [1.29, 1.82) is 0 Å². The summed E-state index contributed by atoms with van der Waals surface area (Å²) in [6.45, 7) is 4.09. The molecule has 2 aromatic carbocycles. The van der Waals surface area contributed by atoms with Crippen LogP contribution in [0.3, 0.4) is 0 Å². The Balaban J connectivity index is 1.97. The maximum Gasteiger partial charge on any atom is 0.126 e. The third-order valence-corrected chi connectivity index (χ3v) is 3.45. The van der Waals surface area contributed by atoms with Crippen LogP contribution < -0.4 is 4.74 Å². The molecule has 21 heavy (non-hydrogen) atoms. The molecular formula is C18H21FO2. The molecule has 0 spiro atoms. The van der Waals surface area contributed by atoms with Gasteiger partial charge in [-0.15, -0.1) is 0 Å². The molecule has 1 N–H and O–H groups in total. The molecule has 0 aromatic heterocycles. The van der Waals surface area contributed by atoms with Crippen molar-refractivity contribution in [2.75, 3.05) is 6.61 Å². The molecule has 3 heteroatoms. The molecule has 0 fully saturated rings. The number of hydrogen-bond donors (Lipinski definition) is 1. The summed E-state index contributed by atoms with van der Waals surface area (Å²) in [6.07, 6.45) is 1.42. The van der Waals surface area contributed by atoms with Gasteiger partial charge in [-0.25, -0.2) is 4.39 Å². The lowest BCUT2D eigenvalue weighted by Crippen LogP contribution is -2.10. The lowest BCUT2D eigenvalue weighted by Gasteiger charge is -2.14. The molecule has 0 bridgehead atoms. The summed E-state index contributed by atoms with van der Waals surface area (Å²) < 4.78 is 18.7. The lowest BCUT2D eigenvalue weighted by molar-refractivity contribution is 0.107. The van der Waals surface area contributed by atoms with E-state index in [9.17, 15) is 9.50 Å². The number of ether oxygens (including phenoxy) is 1. The summed E-state index contributed by atoms with van der Waals surface area (Å²) in [4.78, 5) is 0. The average Bonchev–Trinajstić information content (AvgIpc) is 2.49. The molecule has 2 rings (SSSR count). The summed E-state index contributed by atoms with van der Waals surface area (Å²) in [5.41, 5.74) is 2.92. The topological polar surface area (TPSA) is 29.5 Å². The first-order chi connectivity index (χ1) is 10.1. The van der Waals surface area contributed by atoms with Gasteiger partial charge < -0.3 is 9.84 Å². The van der Waals surface area contributed by atoms with Crippen LogP contribution in [0.1, 0.15) is 36.1 Å². The molecule has 0 heterocycles. The van der Waals surface area contributed by atoms with Gasteiger partial charge in [0, 0.05) is 6.07 Å². The Labute approximate surface area is 125 Å². The van der Waals surface area contributed by atoms with Gasteiger partial charge in [0.2, 0.25) is 0 Å². The Bertz CT molecular complexity index is 578. The summed E-state index contributed by atoms with van der Waals surface area (Å²) in [5.74, 6) is 0.130. The van der Waals surface area contributed by atoms with Crippen molar-refractivity contribution in [2.24, 2.45) is 0 Å². The van der Waals surface area contributed by atoms with E-state index in [0.29, 0.717) is 5.75 Å². The lowest BCUT2D eigenvalue weighted by atomic mass is 10.0. The van der Waals surface area contributed by atoms with Crippen molar-refractivity contribution in [2.45, 2.75) is 32.8 Å². The van der Waals surface area contributed by atoms with Gasteiger partial charge in [-0.1, -0.05) is 43.7 Å². The maximum absolute atomic E-state index is 13.2. The monoisotopic (exact) mass is 288 g/mol. The van der Waals surface area contributed by atoms with Crippen molar-refractivity contribution in [3.63, 3.8) is 0 Å². The van der Waals surface area contributed by atoms with Crippen LogP contribution in [0, 0.1) is 12.7 Å². The minimum absolute atomic E-state index is 0.109. The predicted molar refractivity (Wildman–Crippen MR) is 82.0 cm³/mol. The highest BCUT2D eigenvalue weighted by Gasteiger charge is 2.10. The van der Waals surface area contributed by atoms with Gasteiger partial charge in [-0.05, 0) is 36.1 Å². The van der Waals surface area contributed by atoms with Gasteiger partial charge in [-0.2, -0.15) is 0 Å². The van der Waals surface area contributed by atoms with Gasteiger partial charge in [-0.3, -0.25) is 0 Å². The van der Waals surface area contributed by atoms with E-state index in [1.165, 1.54) is 17.7 Å². The standard InChI is InChI=1S/C18H21FO2/c1-3-4-14-6-8-15(9-7-14)17(20)12-21-18-11-16(19)10-5-13(18)2/h5-11,17,20H,3-4,12H2,1-2H3. The van der Waals surface area contributed by atoms with Crippen LogP contribution in [-0.2, 0) is 6.42 Å². The van der Waals surface area contributed by atoms with Crippen molar-refractivity contribution in [1.82, 2.24) is 0 Å². The molecule has 2 nitrogen and oxygen atoms in total. The molecule has 0 aliphatic heterocycles. The first-order valence-electron chi connectivity index (χ1n) is 7.26. The Morgan fingerprint density at radius 2 is 1.86 bits per heavy atom. The number of aryl methyl sites for hydroxylation is 2. The fourth-order valence-corrected chi connectivity index (χ4v) is 2.19. The van der Waals surface area contributed by atoms with Crippen molar-refractivity contribution in [3.05, 3.63) is 65.0 Å². The number of hydrogen-bond acceptors (Lipinski definition) is 2. The molecule has 0 radical (unpaired) electrons. The van der Waals surface area contributed by atoms with Crippen LogP contribution in [-0.4, -0.2) is 11.7 Å². The highest BCUT2D eigenvalue weighted by atomic mass is 19.1. The Morgan fingerprint density at radius 1 is 1.14 bits per heavy atom. The molecule has 112 valence electrons. The summed E-state index contributed by atoms with van der Waals surface area (Å²) in [7, 11) is 0. The number of benzene rings is 2. The molecule has 1 unspecified atom stereocenters. The summed E-state index contributed by atoms with van der Waals surface area (Å²) >= 11 is 0. The fraction of sp³-hybridized carbons (Fsp3) is 0.333. The van der Waals surface area contributed by atoms with E-state index in [-0.39, 0.29) is 12.4 Å². The number of aliphatic hydroxyl groups is 1. The minimum atomic E-state index is -0.719. The second kappa shape index (κ2) is 7.23. The quantitative estimate of drug-likeness (QED) is 0.863. The van der Waals surface area contributed by atoms with Crippen LogP contribution in [0.4, 0.5) is 4.39 Å². The first-order valence-corrected chi connectivity index (χ1v) is 7.26. The first kappa shape index (κ1) is 15.5. The maximum atomic E-state index is 13.2. The zero-order chi connectivity index (χ0) is 15.2. The van der Waals surface area contributed by atoms with E-state index in [2.05, 4.69) is 6.92 Å². The Kier molecular flexibility index (Phi) is 5.34. The van der Waals surface area contributed by atoms with E-state index >= 15 is 0 Å². The number of aliphatic hydroxyl groups excluding tert-OH is 1. The van der Waals surface area contributed by atoms with Crippen LogP contribution in [0.15, 0.2) is 42.5 Å². The zero-order valence-electron chi connectivity index (χ0n) is 12.5. The van der Waals surface area contributed by atoms with Crippen LogP contribution >= 0.6 is 0 Å². The summed E-state index contributed by atoms with van der Waals surface area (Å²) in [5, 5.41) is 10.1. The molecule has 0 aliphatic rings. The normalized spacial score (nSPS) is 12.2. The molecule has 0 amide bonds. The SMILES string of the molecule is CCCc1ccc(C(O)COc2cc(F)ccc2C)cc1. The van der Waals surface area contributed by atoms with Crippen molar-refractivity contribution < 1.29 is 14.2 Å². The zero-order valence-corrected chi connectivity index (χ0v) is 12.5. The van der Waals surface area contributed by atoms with Crippen LogP contribution in [0.25, 0.3) is 0 Å². The van der Waals surface area contributed by atoms with E-state index in [4.69, 9.17) is 4.74 Å². The molecular weight excluding hydrogens is 267 g/mol. The molecule has 1 atom stereocenters. The van der Waals surface area contributed by atoms with Gasteiger partial charge in [0.25, 0.3) is 0 Å². The van der Waals surface area contributed by atoms with Crippen LogP contribution in [0.5, 0.6) is 5.75 Å². The second-order valence-corrected chi connectivity index (χ2v) is 5.23. The van der Waals surface area contributed by atoms with Crippen molar-refractivity contribution >= 4 is 0 Å². The molecule has 0 saturated heterocycles. The highest BCUT2D eigenvalue weighted by molar-refractivity contribution is 5.33. The molecule has 2 aromatic rings. The van der Waals surface area contributed by atoms with E-state index in [1.807, 2.05) is 31.2 Å². The number of halogens is 1.